The molecule has 2 amide bonds. The molecule has 0 aromatic heterocycles. The fourth-order valence-electron chi connectivity index (χ4n) is 5.42. The Bertz CT molecular complexity index is 925. The average molecular weight is 490 g/mol. The van der Waals surface area contributed by atoms with E-state index in [2.05, 4.69) is 0 Å². The number of rotatable bonds is 6. The van der Waals surface area contributed by atoms with Gasteiger partial charge in [-0.2, -0.15) is 4.31 Å². The first-order chi connectivity index (χ1) is 16.4. The average Bonchev–Trinajstić information content (AvgIpc) is 3.17. The number of benzene rings is 1. The first kappa shape index (κ1) is 25.2. The summed E-state index contributed by atoms with van der Waals surface area (Å²) in [7, 11) is -3.42. The van der Waals surface area contributed by atoms with Gasteiger partial charge in [-0.1, -0.05) is 31.4 Å². The lowest BCUT2D eigenvalue weighted by Crippen LogP contribution is -2.44. The molecule has 3 aliphatic heterocycles. The van der Waals surface area contributed by atoms with E-state index < -0.39 is 10.0 Å². The van der Waals surface area contributed by atoms with Crippen molar-refractivity contribution in [2.75, 3.05) is 39.3 Å². The molecule has 3 saturated heterocycles. The lowest BCUT2D eigenvalue weighted by atomic mass is 9.94. The van der Waals surface area contributed by atoms with Crippen LogP contribution in [0.2, 0.25) is 0 Å². The third kappa shape index (κ3) is 6.19. The monoisotopic (exact) mass is 489 g/mol. The maximum Gasteiger partial charge on any atom is 0.243 e. The Balaban J connectivity index is 1.23. The molecule has 0 saturated carbocycles. The van der Waals surface area contributed by atoms with Gasteiger partial charge in [0.2, 0.25) is 21.8 Å². The lowest BCUT2D eigenvalue weighted by Gasteiger charge is -2.34. The largest absolute Gasteiger partial charge is 0.343 e. The minimum atomic E-state index is -3.42. The summed E-state index contributed by atoms with van der Waals surface area (Å²) < 4.78 is 27.2. The van der Waals surface area contributed by atoms with E-state index in [-0.39, 0.29) is 17.7 Å². The number of piperidine rings is 2. The summed E-state index contributed by atoms with van der Waals surface area (Å²) in [4.78, 5) is 29.9. The SMILES string of the molecule is O=C(CCc1ccc(S(=O)(=O)N2CCCCC2)cc1)N1CCC(C(=O)N2CCCCCC2)CC1. The van der Waals surface area contributed by atoms with Gasteiger partial charge in [0.15, 0.2) is 0 Å². The molecule has 0 radical (unpaired) electrons. The minimum Gasteiger partial charge on any atom is -0.343 e. The summed E-state index contributed by atoms with van der Waals surface area (Å²) in [6, 6.07) is 7.00. The summed E-state index contributed by atoms with van der Waals surface area (Å²) >= 11 is 0. The van der Waals surface area contributed by atoms with Crippen LogP contribution in [-0.4, -0.2) is 73.6 Å². The van der Waals surface area contributed by atoms with Gasteiger partial charge in [-0.3, -0.25) is 9.59 Å². The highest BCUT2D eigenvalue weighted by molar-refractivity contribution is 7.89. The molecule has 1 aromatic carbocycles. The van der Waals surface area contributed by atoms with Crippen LogP contribution in [0, 0.1) is 5.92 Å². The van der Waals surface area contributed by atoms with Crippen molar-refractivity contribution in [1.82, 2.24) is 14.1 Å². The highest BCUT2D eigenvalue weighted by atomic mass is 32.2. The first-order valence-corrected chi connectivity index (χ1v) is 14.5. The number of nitrogens with zero attached hydrogens (tertiary/aromatic N) is 3. The Morgan fingerprint density at radius 3 is 1.91 bits per heavy atom. The van der Waals surface area contributed by atoms with Crippen LogP contribution in [0.15, 0.2) is 29.2 Å². The van der Waals surface area contributed by atoms with Crippen LogP contribution >= 0.6 is 0 Å². The van der Waals surface area contributed by atoms with E-state index in [1.807, 2.05) is 21.9 Å². The van der Waals surface area contributed by atoms with Crippen LogP contribution in [0.1, 0.15) is 69.8 Å². The number of likely N-dealkylation sites (tertiary alicyclic amines) is 2. The Morgan fingerprint density at radius 1 is 0.735 bits per heavy atom. The molecule has 1 aromatic rings. The Hall–Kier alpha value is -1.93. The maximum atomic E-state index is 12.9. The number of hydrogen-bond acceptors (Lipinski definition) is 4. The molecule has 34 heavy (non-hydrogen) atoms. The van der Waals surface area contributed by atoms with Gasteiger partial charge in [0.05, 0.1) is 4.90 Å². The van der Waals surface area contributed by atoms with Crippen LogP contribution in [0.25, 0.3) is 0 Å². The quantitative estimate of drug-likeness (QED) is 0.613. The predicted molar refractivity (Wildman–Crippen MR) is 132 cm³/mol. The zero-order valence-corrected chi connectivity index (χ0v) is 21.1. The molecule has 3 aliphatic rings. The Morgan fingerprint density at radius 2 is 1.29 bits per heavy atom. The number of sulfonamides is 1. The molecule has 8 heteroatoms. The second-order valence-corrected chi connectivity index (χ2v) is 11.9. The molecular formula is C26H39N3O4S. The molecular weight excluding hydrogens is 450 g/mol. The van der Waals surface area contributed by atoms with Gasteiger partial charge in [-0.25, -0.2) is 8.42 Å². The van der Waals surface area contributed by atoms with Crippen LogP contribution in [0.5, 0.6) is 0 Å². The van der Waals surface area contributed by atoms with Crippen LogP contribution < -0.4 is 0 Å². The third-order valence-corrected chi connectivity index (χ3v) is 9.53. The standard InChI is InChI=1S/C26H39N3O4S/c30-25(27-20-14-23(15-21-27)26(31)28-16-4-1-2-5-17-28)13-10-22-8-11-24(12-9-22)34(32,33)29-18-6-3-7-19-29/h8-9,11-12,23H,1-7,10,13-21H2. The summed E-state index contributed by atoms with van der Waals surface area (Å²) in [6.07, 6.45) is 10.1. The number of amides is 2. The van der Waals surface area contributed by atoms with Crippen molar-refractivity contribution in [2.24, 2.45) is 5.92 Å². The number of hydrogen-bond donors (Lipinski definition) is 0. The molecule has 3 heterocycles. The zero-order chi connectivity index (χ0) is 24.0. The molecule has 188 valence electrons. The lowest BCUT2D eigenvalue weighted by molar-refractivity contribution is -0.140. The van der Waals surface area contributed by atoms with Crippen molar-refractivity contribution in [3.05, 3.63) is 29.8 Å². The van der Waals surface area contributed by atoms with Crippen LogP contribution in [-0.2, 0) is 26.0 Å². The van der Waals surface area contributed by atoms with E-state index in [1.54, 1.807) is 16.4 Å². The van der Waals surface area contributed by atoms with E-state index in [1.165, 1.54) is 12.8 Å². The van der Waals surface area contributed by atoms with Gasteiger partial charge in [0.25, 0.3) is 0 Å². The summed E-state index contributed by atoms with van der Waals surface area (Å²) in [5.41, 5.74) is 0.970. The van der Waals surface area contributed by atoms with Crippen LogP contribution in [0.4, 0.5) is 0 Å². The fourth-order valence-corrected chi connectivity index (χ4v) is 6.93. The van der Waals surface area contributed by atoms with Crippen LogP contribution in [0.3, 0.4) is 0 Å². The number of carbonyl (C=O) groups is 2. The molecule has 0 unspecified atom stereocenters. The normalized spacial score (nSPS) is 21.3. The van der Waals surface area contributed by atoms with E-state index in [0.29, 0.717) is 43.9 Å². The Kier molecular flexibility index (Phi) is 8.64. The highest BCUT2D eigenvalue weighted by Crippen LogP contribution is 2.24. The van der Waals surface area contributed by atoms with Crippen molar-refractivity contribution >= 4 is 21.8 Å². The van der Waals surface area contributed by atoms with Gasteiger partial charge < -0.3 is 9.80 Å². The van der Waals surface area contributed by atoms with Crippen molar-refractivity contribution in [1.29, 1.82) is 0 Å². The predicted octanol–water partition coefficient (Wildman–Crippen LogP) is 3.44. The van der Waals surface area contributed by atoms with E-state index in [9.17, 15) is 18.0 Å². The summed E-state index contributed by atoms with van der Waals surface area (Å²) in [6.45, 7) is 4.26. The Labute approximate surface area is 204 Å². The van der Waals surface area contributed by atoms with Crippen molar-refractivity contribution < 1.29 is 18.0 Å². The van der Waals surface area contributed by atoms with Gasteiger partial charge in [-0.15, -0.1) is 0 Å². The number of carbonyl (C=O) groups excluding carboxylic acids is 2. The van der Waals surface area contributed by atoms with Gasteiger partial charge in [0, 0.05) is 51.6 Å². The molecule has 7 nitrogen and oxygen atoms in total. The van der Waals surface area contributed by atoms with Gasteiger partial charge in [0.1, 0.15) is 0 Å². The van der Waals surface area contributed by atoms with E-state index in [0.717, 1.165) is 63.6 Å². The first-order valence-electron chi connectivity index (χ1n) is 13.1. The van der Waals surface area contributed by atoms with E-state index in [4.69, 9.17) is 0 Å². The second-order valence-electron chi connectivity index (χ2n) is 10.0. The molecule has 0 N–H and O–H groups in total. The smallest absolute Gasteiger partial charge is 0.243 e. The maximum absolute atomic E-state index is 12.9. The van der Waals surface area contributed by atoms with Crippen molar-refractivity contribution in [2.45, 2.75) is 75.5 Å². The molecule has 4 rings (SSSR count). The second kappa shape index (κ2) is 11.7. The third-order valence-electron chi connectivity index (χ3n) is 7.62. The molecule has 0 aliphatic carbocycles. The van der Waals surface area contributed by atoms with Gasteiger partial charge in [-0.05, 0) is 62.6 Å². The summed E-state index contributed by atoms with van der Waals surface area (Å²) in [5, 5.41) is 0. The summed E-state index contributed by atoms with van der Waals surface area (Å²) in [5.74, 6) is 0.454. The van der Waals surface area contributed by atoms with Crippen molar-refractivity contribution in [3.63, 3.8) is 0 Å². The molecule has 0 atom stereocenters. The van der Waals surface area contributed by atoms with Crippen molar-refractivity contribution in [3.8, 4) is 0 Å². The fraction of sp³-hybridized carbons (Fsp3) is 0.692. The molecule has 3 fully saturated rings. The van der Waals surface area contributed by atoms with Gasteiger partial charge >= 0.3 is 0 Å². The molecule has 0 bridgehead atoms. The highest BCUT2D eigenvalue weighted by Gasteiger charge is 2.30. The molecule has 0 spiro atoms. The topological polar surface area (TPSA) is 78.0 Å². The zero-order valence-electron chi connectivity index (χ0n) is 20.3. The minimum absolute atomic E-state index is 0.0524. The number of aryl methyl sites for hydroxylation is 1. The van der Waals surface area contributed by atoms with E-state index >= 15 is 0 Å².